The van der Waals surface area contributed by atoms with Crippen molar-refractivity contribution in [3.63, 3.8) is 0 Å². The summed E-state index contributed by atoms with van der Waals surface area (Å²) in [5.41, 5.74) is 1.17. The molecular formula is C23H31N7O2S. The van der Waals surface area contributed by atoms with E-state index >= 15 is 0 Å². The molecule has 0 aliphatic carbocycles. The average molecular weight is 470 g/mol. The molecule has 1 atom stereocenters. The topological polar surface area (TPSA) is 105 Å². The molecule has 9 nitrogen and oxygen atoms in total. The summed E-state index contributed by atoms with van der Waals surface area (Å²) in [7, 11) is 0. The first-order chi connectivity index (χ1) is 15.6. The minimum atomic E-state index is -0.124. The number of likely N-dealkylation sites (tertiary alicyclic amines) is 1. The number of nitrogens with one attached hydrogen (secondary N) is 2. The molecule has 4 heterocycles. The van der Waals surface area contributed by atoms with Crippen LogP contribution in [0.25, 0.3) is 16.2 Å². The Morgan fingerprint density at radius 3 is 2.61 bits per heavy atom. The van der Waals surface area contributed by atoms with E-state index in [0.29, 0.717) is 30.4 Å². The molecule has 1 aliphatic heterocycles. The first-order valence-electron chi connectivity index (χ1n) is 11.2. The first-order valence-corrected chi connectivity index (χ1v) is 12.1. The third kappa shape index (κ3) is 5.16. The smallest absolute Gasteiger partial charge is 0.272 e. The van der Waals surface area contributed by atoms with Gasteiger partial charge in [-0.1, -0.05) is 20.8 Å². The van der Waals surface area contributed by atoms with Gasteiger partial charge in [-0.05, 0) is 25.2 Å². The number of thiazole rings is 1. The number of fused-ring (bicyclic) bond motifs is 1. The standard InChI is InChI=1S/C23H31N7O2S/c1-14(23(3,4)5)25-19-12-18(21(32)29-8-6-16(7-9-29)26-15(2)31)27-20(28-19)17-13-24-30-10-11-33-22(17)30/h10-14,16H,6-9H2,1-5H3,(H,26,31)(H,25,27,28)/t14-/m0/s1. The van der Waals surface area contributed by atoms with Crippen molar-refractivity contribution in [2.24, 2.45) is 5.41 Å². The highest BCUT2D eigenvalue weighted by atomic mass is 32.1. The zero-order valence-electron chi connectivity index (χ0n) is 19.8. The number of anilines is 1. The van der Waals surface area contributed by atoms with Gasteiger partial charge in [0.25, 0.3) is 5.91 Å². The summed E-state index contributed by atoms with van der Waals surface area (Å²) in [5.74, 6) is 0.941. The number of rotatable bonds is 5. The number of hydrogen-bond donors (Lipinski definition) is 2. The quantitative estimate of drug-likeness (QED) is 0.593. The van der Waals surface area contributed by atoms with Gasteiger partial charge in [0.15, 0.2) is 5.82 Å². The normalized spacial score (nSPS) is 16.1. The number of aromatic nitrogens is 4. The van der Waals surface area contributed by atoms with Crippen LogP contribution in [0.15, 0.2) is 23.8 Å². The lowest BCUT2D eigenvalue weighted by Gasteiger charge is -2.32. The molecule has 4 rings (SSSR count). The summed E-state index contributed by atoms with van der Waals surface area (Å²) < 4.78 is 1.79. The van der Waals surface area contributed by atoms with Crippen molar-refractivity contribution < 1.29 is 9.59 Å². The molecule has 0 unspecified atom stereocenters. The van der Waals surface area contributed by atoms with Crippen LogP contribution in [-0.2, 0) is 4.79 Å². The van der Waals surface area contributed by atoms with Crippen molar-refractivity contribution in [2.45, 2.75) is 59.5 Å². The summed E-state index contributed by atoms with van der Waals surface area (Å²) in [6.45, 7) is 11.3. The number of carbonyl (C=O) groups is 2. The fraction of sp³-hybridized carbons (Fsp3) is 0.522. The third-order valence-corrected chi connectivity index (χ3v) is 7.06. The van der Waals surface area contributed by atoms with Crippen LogP contribution in [0.1, 0.15) is 57.9 Å². The van der Waals surface area contributed by atoms with Crippen LogP contribution in [-0.4, -0.2) is 61.5 Å². The van der Waals surface area contributed by atoms with Gasteiger partial charge in [-0.25, -0.2) is 14.5 Å². The Morgan fingerprint density at radius 2 is 1.94 bits per heavy atom. The summed E-state index contributed by atoms with van der Waals surface area (Å²) in [5, 5.41) is 12.7. The molecule has 0 spiro atoms. The molecule has 1 saturated heterocycles. The highest BCUT2D eigenvalue weighted by molar-refractivity contribution is 7.16. The largest absolute Gasteiger partial charge is 0.367 e. The second-order valence-corrected chi connectivity index (χ2v) is 10.6. The molecule has 1 fully saturated rings. The van der Waals surface area contributed by atoms with Crippen molar-refractivity contribution >= 4 is 33.8 Å². The lowest BCUT2D eigenvalue weighted by Crippen LogP contribution is -2.46. The maximum absolute atomic E-state index is 13.4. The Balaban J connectivity index is 1.64. The summed E-state index contributed by atoms with van der Waals surface area (Å²) >= 11 is 1.56. The molecule has 1 aliphatic rings. The zero-order chi connectivity index (χ0) is 23.8. The summed E-state index contributed by atoms with van der Waals surface area (Å²) in [4.78, 5) is 36.9. The molecular weight excluding hydrogens is 438 g/mol. The molecule has 0 saturated carbocycles. The first kappa shape index (κ1) is 23.2. The van der Waals surface area contributed by atoms with Gasteiger partial charge in [-0.2, -0.15) is 5.10 Å². The van der Waals surface area contributed by atoms with Crippen molar-refractivity contribution in [3.05, 3.63) is 29.5 Å². The van der Waals surface area contributed by atoms with Crippen LogP contribution < -0.4 is 10.6 Å². The average Bonchev–Trinajstić information content (AvgIpc) is 3.36. The van der Waals surface area contributed by atoms with Crippen molar-refractivity contribution in [3.8, 4) is 11.4 Å². The van der Waals surface area contributed by atoms with E-state index in [4.69, 9.17) is 4.98 Å². The van der Waals surface area contributed by atoms with Gasteiger partial charge in [0, 0.05) is 49.7 Å². The lowest BCUT2D eigenvalue weighted by atomic mass is 9.88. The predicted molar refractivity (Wildman–Crippen MR) is 129 cm³/mol. The van der Waals surface area contributed by atoms with E-state index in [1.807, 2.05) is 11.6 Å². The number of hydrogen-bond acceptors (Lipinski definition) is 7. The maximum atomic E-state index is 13.4. The van der Waals surface area contributed by atoms with Crippen LogP contribution in [0.4, 0.5) is 5.82 Å². The van der Waals surface area contributed by atoms with Gasteiger partial charge in [-0.15, -0.1) is 11.3 Å². The van der Waals surface area contributed by atoms with E-state index in [-0.39, 0.29) is 29.3 Å². The fourth-order valence-corrected chi connectivity index (χ4v) is 4.54. The second-order valence-electron chi connectivity index (χ2n) is 9.67. The molecule has 176 valence electrons. The number of piperidine rings is 1. The summed E-state index contributed by atoms with van der Waals surface area (Å²) in [6.07, 6.45) is 5.09. The molecule has 3 aromatic heterocycles. The Morgan fingerprint density at radius 1 is 1.21 bits per heavy atom. The predicted octanol–water partition coefficient (Wildman–Crippen LogP) is 3.44. The van der Waals surface area contributed by atoms with Gasteiger partial charge in [0.2, 0.25) is 5.91 Å². The number of amides is 2. The molecule has 0 bridgehead atoms. The van der Waals surface area contributed by atoms with Crippen LogP contribution in [0, 0.1) is 5.41 Å². The molecule has 10 heteroatoms. The van der Waals surface area contributed by atoms with E-state index < -0.39 is 0 Å². The Labute approximate surface area is 197 Å². The maximum Gasteiger partial charge on any atom is 0.272 e. The lowest BCUT2D eigenvalue weighted by molar-refractivity contribution is -0.119. The second kappa shape index (κ2) is 9.09. The van der Waals surface area contributed by atoms with Gasteiger partial charge in [0.05, 0.1) is 11.8 Å². The van der Waals surface area contributed by atoms with Gasteiger partial charge < -0.3 is 15.5 Å². The number of carbonyl (C=O) groups excluding carboxylic acids is 2. The fourth-order valence-electron chi connectivity index (χ4n) is 3.75. The minimum Gasteiger partial charge on any atom is -0.367 e. The molecule has 33 heavy (non-hydrogen) atoms. The Bertz CT molecular complexity index is 1160. The molecule has 0 aromatic carbocycles. The van der Waals surface area contributed by atoms with E-state index in [0.717, 1.165) is 23.2 Å². The van der Waals surface area contributed by atoms with Crippen molar-refractivity contribution in [2.75, 3.05) is 18.4 Å². The minimum absolute atomic E-state index is 0.0135. The van der Waals surface area contributed by atoms with E-state index in [1.54, 1.807) is 33.0 Å². The Kier molecular flexibility index (Phi) is 6.38. The summed E-state index contributed by atoms with van der Waals surface area (Å²) in [6, 6.07) is 1.98. The zero-order valence-corrected chi connectivity index (χ0v) is 20.6. The van der Waals surface area contributed by atoms with Crippen molar-refractivity contribution in [1.82, 2.24) is 29.8 Å². The van der Waals surface area contributed by atoms with Crippen LogP contribution in [0.2, 0.25) is 0 Å². The van der Waals surface area contributed by atoms with Gasteiger partial charge >= 0.3 is 0 Å². The van der Waals surface area contributed by atoms with Crippen LogP contribution >= 0.6 is 11.3 Å². The highest BCUT2D eigenvalue weighted by Crippen LogP contribution is 2.28. The number of nitrogens with zero attached hydrogens (tertiary/aromatic N) is 5. The van der Waals surface area contributed by atoms with Gasteiger partial charge in [0.1, 0.15) is 16.3 Å². The molecule has 2 amide bonds. The molecule has 3 aromatic rings. The Hall–Kier alpha value is -3.01. The van der Waals surface area contributed by atoms with Gasteiger partial charge in [-0.3, -0.25) is 9.59 Å². The van der Waals surface area contributed by atoms with E-state index in [1.165, 1.54) is 6.92 Å². The van der Waals surface area contributed by atoms with Crippen LogP contribution in [0.3, 0.4) is 0 Å². The third-order valence-electron chi connectivity index (χ3n) is 6.17. The molecule has 0 radical (unpaired) electrons. The van der Waals surface area contributed by atoms with Crippen LogP contribution in [0.5, 0.6) is 0 Å². The monoisotopic (exact) mass is 469 g/mol. The molecule has 2 N–H and O–H groups in total. The van der Waals surface area contributed by atoms with Crippen molar-refractivity contribution in [1.29, 1.82) is 0 Å². The highest BCUT2D eigenvalue weighted by Gasteiger charge is 2.27. The SMILES string of the molecule is CC(=O)NC1CCN(C(=O)c2cc(N[C@@H](C)C(C)(C)C)nc(-c3cnn4ccsc34)n2)CC1. The van der Waals surface area contributed by atoms with E-state index in [9.17, 15) is 9.59 Å². The van der Waals surface area contributed by atoms with E-state index in [2.05, 4.69) is 48.4 Å².